The van der Waals surface area contributed by atoms with E-state index in [9.17, 15) is 10.1 Å². The maximum absolute atomic E-state index is 11.7. The van der Waals surface area contributed by atoms with Crippen molar-refractivity contribution in [3.63, 3.8) is 0 Å². The lowest BCUT2D eigenvalue weighted by atomic mass is 10.2. The van der Waals surface area contributed by atoms with Gasteiger partial charge in [-0.05, 0) is 18.9 Å². The average Bonchev–Trinajstić information content (AvgIpc) is 3.20. The molecule has 1 fully saturated rings. The summed E-state index contributed by atoms with van der Waals surface area (Å²) in [4.78, 5) is 19.2. The van der Waals surface area contributed by atoms with Crippen molar-refractivity contribution < 1.29 is 19.1 Å². The largest absolute Gasteiger partial charge is 0.495 e. The zero-order valence-electron chi connectivity index (χ0n) is 15.4. The van der Waals surface area contributed by atoms with Crippen LogP contribution in [0, 0.1) is 10.1 Å². The number of ether oxygens (including phenoxy) is 3. The molecule has 0 saturated carbocycles. The topological polar surface area (TPSA) is 121 Å². The van der Waals surface area contributed by atoms with Crippen LogP contribution in [0.5, 0.6) is 11.5 Å². The Hall–Kier alpha value is -2.85. The van der Waals surface area contributed by atoms with Gasteiger partial charge in [0.2, 0.25) is 11.6 Å². The second kappa shape index (κ2) is 8.89. The minimum atomic E-state index is -0.544. The van der Waals surface area contributed by atoms with Crippen molar-refractivity contribution in [3.05, 3.63) is 33.6 Å². The second-order valence-corrected chi connectivity index (χ2v) is 6.41. The Bertz CT molecular complexity index is 860. The van der Waals surface area contributed by atoms with E-state index in [0.717, 1.165) is 12.8 Å². The van der Waals surface area contributed by atoms with Crippen LogP contribution in [-0.2, 0) is 4.74 Å². The van der Waals surface area contributed by atoms with Crippen molar-refractivity contribution >= 4 is 34.6 Å². The minimum absolute atomic E-state index is 0.00599. The van der Waals surface area contributed by atoms with Crippen LogP contribution in [0.25, 0.3) is 0 Å². The van der Waals surface area contributed by atoms with Gasteiger partial charge >= 0.3 is 5.69 Å². The molecule has 10 nitrogen and oxygen atoms in total. The number of methoxy groups -OCH3 is 2. The van der Waals surface area contributed by atoms with E-state index in [1.807, 2.05) is 0 Å². The van der Waals surface area contributed by atoms with Crippen LogP contribution in [0.2, 0.25) is 5.02 Å². The Kier molecular flexibility index (Phi) is 6.32. The number of halogens is 1. The quantitative estimate of drug-likeness (QED) is 0.499. The number of benzene rings is 1. The van der Waals surface area contributed by atoms with Crippen LogP contribution in [0.3, 0.4) is 0 Å². The molecule has 0 bridgehead atoms. The highest BCUT2D eigenvalue weighted by Crippen LogP contribution is 2.39. The van der Waals surface area contributed by atoms with Gasteiger partial charge in [0.1, 0.15) is 17.8 Å². The first-order valence-electron chi connectivity index (χ1n) is 8.57. The number of anilines is 3. The molecule has 0 aliphatic carbocycles. The Balaban J connectivity index is 1.90. The van der Waals surface area contributed by atoms with E-state index in [4.69, 9.17) is 25.8 Å². The molecular weight excluding hydrogens is 390 g/mol. The highest BCUT2D eigenvalue weighted by atomic mass is 35.5. The molecule has 0 amide bonds. The summed E-state index contributed by atoms with van der Waals surface area (Å²) in [5.74, 6) is 0.925. The molecule has 0 spiro atoms. The molecule has 2 N–H and O–H groups in total. The molecule has 1 atom stereocenters. The molecule has 11 heteroatoms. The van der Waals surface area contributed by atoms with Gasteiger partial charge in [0.05, 0.1) is 36.0 Å². The van der Waals surface area contributed by atoms with Crippen molar-refractivity contribution in [2.75, 3.05) is 38.0 Å². The van der Waals surface area contributed by atoms with Gasteiger partial charge in [0.25, 0.3) is 0 Å². The van der Waals surface area contributed by atoms with E-state index in [0.29, 0.717) is 35.4 Å². The van der Waals surface area contributed by atoms with Crippen LogP contribution in [-0.4, -0.2) is 48.4 Å². The van der Waals surface area contributed by atoms with Crippen molar-refractivity contribution in [3.8, 4) is 11.5 Å². The maximum Gasteiger partial charge on any atom is 0.353 e. The Morgan fingerprint density at radius 2 is 2.04 bits per heavy atom. The number of hydrogen-bond donors (Lipinski definition) is 2. The molecule has 1 saturated heterocycles. The zero-order valence-corrected chi connectivity index (χ0v) is 16.2. The van der Waals surface area contributed by atoms with Crippen LogP contribution >= 0.6 is 11.6 Å². The van der Waals surface area contributed by atoms with E-state index in [1.54, 1.807) is 12.1 Å². The van der Waals surface area contributed by atoms with Crippen LogP contribution in [0.1, 0.15) is 12.8 Å². The predicted octanol–water partition coefficient (Wildman–Crippen LogP) is 3.39. The fraction of sp³-hybridized carbons (Fsp3) is 0.412. The standard InChI is InChI=1S/C17H20ClN5O5/c1-26-13-7-14(27-2)12(6-11(13)18)22-17-15(23(24)25)16(20-9-21-17)19-8-10-4-3-5-28-10/h6-7,9-10H,3-5,8H2,1-2H3,(H2,19,20,21,22). The summed E-state index contributed by atoms with van der Waals surface area (Å²) < 4.78 is 16.0. The lowest BCUT2D eigenvalue weighted by molar-refractivity contribution is -0.383. The monoisotopic (exact) mass is 409 g/mol. The second-order valence-electron chi connectivity index (χ2n) is 6.00. The predicted molar refractivity (Wildman–Crippen MR) is 104 cm³/mol. The molecule has 1 aliphatic rings. The third-order valence-corrected chi connectivity index (χ3v) is 4.55. The summed E-state index contributed by atoms with van der Waals surface area (Å²) in [5.41, 5.74) is 0.120. The van der Waals surface area contributed by atoms with Crippen molar-refractivity contribution in [2.45, 2.75) is 18.9 Å². The molecule has 150 valence electrons. The maximum atomic E-state index is 11.7. The van der Waals surface area contributed by atoms with Gasteiger partial charge in [-0.3, -0.25) is 10.1 Å². The summed E-state index contributed by atoms with van der Waals surface area (Å²) in [6.07, 6.45) is 3.12. The SMILES string of the molecule is COc1cc(OC)c(Nc2ncnc(NCC3CCCO3)c2[N+](=O)[O-])cc1Cl. The summed E-state index contributed by atoms with van der Waals surface area (Å²) in [5, 5.41) is 17.9. The lowest BCUT2D eigenvalue weighted by Crippen LogP contribution is -2.20. The fourth-order valence-corrected chi connectivity index (χ4v) is 3.11. The average molecular weight is 410 g/mol. The zero-order chi connectivity index (χ0) is 20.1. The summed E-state index contributed by atoms with van der Waals surface area (Å²) >= 11 is 6.17. The Morgan fingerprint density at radius 1 is 1.29 bits per heavy atom. The summed E-state index contributed by atoms with van der Waals surface area (Å²) in [6, 6.07) is 3.12. The third-order valence-electron chi connectivity index (χ3n) is 4.25. The first-order chi connectivity index (χ1) is 13.5. The van der Waals surface area contributed by atoms with E-state index in [1.165, 1.54) is 20.5 Å². The number of hydrogen-bond acceptors (Lipinski definition) is 9. The first-order valence-corrected chi connectivity index (χ1v) is 8.94. The Morgan fingerprint density at radius 3 is 2.68 bits per heavy atom. The Labute approximate surface area is 166 Å². The molecule has 2 heterocycles. The van der Waals surface area contributed by atoms with E-state index < -0.39 is 4.92 Å². The van der Waals surface area contributed by atoms with Gasteiger partial charge in [-0.25, -0.2) is 9.97 Å². The van der Waals surface area contributed by atoms with Crippen molar-refractivity contribution in [1.29, 1.82) is 0 Å². The van der Waals surface area contributed by atoms with Crippen LogP contribution in [0.4, 0.5) is 23.0 Å². The third kappa shape index (κ3) is 4.34. The van der Waals surface area contributed by atoms with Gasteiger partial charge in [0, 0.05) is 19.2 Å². The molecular formula is C17H20ClN5O5. The first kappa shape index (κ1) is 19.9. The number of nitrogens with zero attached hydrogens (tertiary/aromatic N) is 3. The number of rotatable bonds is 8. The van der Waals surface area contributed by atoms with Crippen LogP contribution < -0.4 is 20.1 Å². The highest BCUT2D eigenvalue weighted by Gasteiger charge is 2.25. The molecule has 3 rings (SSSR count). The molecule has 1 aromatic heterocycles. The summed E-state index contributed by atoms with van der Waals surface area (Å²) in [7, 11) is 2.95. The van der Waals surface area contributed by atoms with Gasteiger partial charge in [-0.2, -0.15) is 0 Å². The molecule has 0 radical (unpaired) electrons. The van der Waals surface area contributed by atoms with E-state index >= 15 is 0 Å². The molecule has 1 aliphatic heterocycles. The minimum Gasteiger partial charge on any atom is -0.495 e. The van der Waals surface area contributed by atoms with Crippen molar-refractivity contribution in [2.24, 2.45) is 0 Å². The molecule has 1 unspecified atom stereocenters. The smallest absolute Gasteiger partial charge is 0.353 e. The number of nitro groups is 1. The van der Waals surface area contributed by atoms with Crippen molar-refractivity contribution in [1.82, 2.24) is 9.97 Å². The summed E-state index contributed by atoms with van der Waals surface area (Å²) in [6.45, 7) is 1.12. The van der Waals surface area contributed by atoms with Gasteiger partial charge < -0.3 is 24.8 Å². The normalized spacial score (nSPS) is 15.9. The number of nitrogens with one attached hydrogen (secondary N) is 2. The molecule has 28 heavy (non-hydrogen) atoms. The number of aromatic nitrogens is 2. The lowest BCUT2D eigenvalue weighted by Gasteiger charge is -2.15. The van der Waals surface area contributed by atoms with E-state index in [-0.39, 0.29) is 23.4 Å². The molecule has 1 aromatic carbocycles. The van der Waals surface area contributed by atoms with E-state index in [2.05, 4.69) is 20.6 Å². The van der Waals surface area contributed by atoms with Gasteiger partial charge in [-0.15, -0.1) is 0 Å². The van der Waals surface area contributed by atoms with Crippen LogP contribution in [0.15, 0.2) is 18.5 Å². The van der Waals surface area contributed by atoms with Gasteiger partial charge in [-0.1, -0.05) is 11.6 Å². The van der Waals surface area contributed by atoms with Gasteiger partial charge in [0.15, 0.2) is 0 Å². The highest BCUT2D eigenvalue weighted by molar-refractivity contribution is 6.32. The molecule has 2 aromatic rings. The fourth-order valence-electron chi connectivity index (χ4n) is 2.87.